The van der Waals surface area contributed by atoms with Gasteiger partial charge < -0.3 is 31.8 Å². The number of hydrogen-bond acceptors (Lipinski definition) is 8. The molecular weight excluding hydrogens is 368 g/mol. The van der Waals surface area contributed by atoms with E-state index in [0.29, 0.717) is 25.6 Å². The highest BCUT2D eigenvalue weighted by Gasteiger charge is 2.23. The number of likely N-dealkylation sites (N-methyl/N-ethyl adjacent to an activating group) is 1. The van der Waals surface area contributed by atoms with Gasteiger partial charge >= 0.3 is 0 Å². The van der Waals surface area contributed by atoms with Crippen molar-refractivity contribution in [1.29, 1.82) is 5.41 Å². The lowest BCUT2D eigenvalue weighted by molar-refractivity contribution is 0.0883. The molecule has 0 aliphatic carbocycles. The fourth-order valence-corrected chi connectivity index (χ4v) is 3.49. The lowest BCUT2D eigenvalue weighted by Crippen LogP contribution is -2.43. The maximum absolute atomic E-state index is 10.2. The number of aliphatic hydroxyl groups is 1. The average Bonchev–Trinajstić information content (AvgIpc) is 3.14. The van der Waals surface area contributed by atoms with Gasteiger partial charge in [-0.15, -0.1) is 0 Å². The Hall–Kier alpha value is -2.65. The summed E-state index contributed by atoms with van der Waals surface area (Å²) in [5, 5.41) is 35.1. The minimum absolute atomic E-state index is 0.201. The zero-order valence-corrected chi connectivity index (χ0v) is 17.4. The third kappa shape index (κ3) is 5.04. The van der Waals surface area contributed by atoms with Crippen molar-refractivity contribution >= 4 is 23.5 Å². The lowest BCUT2D eigenvalue weighted by Gasteiger charge is -2.28. The Morgan fingerprint density at radius 3 is 2.97 bits per heavy atom. The molecule has 2 atom stereocenters. The summed E-state index contributed by atoms with van der Waals surface area (Å²) in [4.78, 5) is 4.80. The zero-order valence-electron chi connectivity index (χ0n) is 17.4. The third-order valence-electron chi connectivity index (χ3n) is 5.32. The molecule has 9 heteroatoms. The molecule has 3 rings (SSSR count). The Balaban J connectivity index is 1.85. The summed E-state index contributed by atoms with van der Waals surface area (Å²) in [7, 11) is 1.83. The van der Waals surface area contributed by atoms with E-state index in [-0.39, 0.29) is 12.0 Å². The molecule has 1 fully saturated rings. The van der Waals surface area contributed by atoms with Crippen LogP contribution in [0.5, 0.6) is 0 Å². The van der Waals surface area contributed by atoms with Gasteiger partial charge in [0.25, 0.3) is 0 Å². The van der Waals surface area contributed by atoms with Crippen LogP contribution in [0.3, 0.4) is 0 Å². The van der Waals surface area contributed by atoms with Gasteiger partial charge in [-0.25, -0.2) is 4.98 Å². The van der Waals surface area contributed by atoms with E-state index in [4.69, 9.17) is 10.4 Å². The van der Waals surface area contributed by atoms with Gasteiger partial charge in [0.2, 0.25) is 0 Å². The largest absolute Gasteiger partial charge is 0.391 e. The molecular formula is C20H32N8O. The second kappa shape index (κ2) is 9.71. The SMILES string of the molecule is CN/C(=C\C=N)CNc1cc(NC[C@H]2CCNC[C@@H]2O)nc2c(C(C)C)cnn12. The average molecular weight is 401 g/mol. The van der Waals surface area contributed by atoms with E-state index in [1.807, 2.05) is 23.8 Å². The molecule has 2 aromatic rings. The molecule has 0 bridgehead atoms. The molecule has 6 N–H and O–H groups in total. The van der Waals surface area contributed by atoms with Gasteiger partial charge in [0.15, 0.2) is 5.65 Å². The van der Waals surface area contributed by atoms with Gasteiger partial charge in [0.1, 0.15) is 11.6 Å². The topological polar surface area (TPSA) is 122 Å². The molecule has 0 spiro atoms. The molecule has 0 saturated carbocycles. The fourth-order valence-electron chi connectivity index (χ4n) is 3.49. The second-order valence-corrected chi connectivity index (χ2v) is 7.68. The van der Waals surface area contributed by atoms with E-state index in [1.165, 1.54) is 6.21 Å². The first-order valence-corrected chi connectivity index (χ1v) is 10.2. The van der Waals surface area contributed by atoms with Crippen molar-refractivity contribution in [2.24, 2.45) is 5.92 Å². The molecule has 1 saturated heterocycles. The summed E-state index contributed by atoms with van der Waals surface area (Å²) in [5.41, 5.74) is 2.80. The smallest absolute Gasteiger partial charge is 0.163 e. The number of hydrogen-bond donors (Lipinski definition) is 6. The maximum Gasteiger partial charge on any atom is 0.163 e. The normalized spacial score (nSPS) is 20.1. The number of nitrogens with one attached hydrogen (secondary N) is 5. The molecule has 1 aliphatic heterocycles. The Morgan fingerprint density at radius 1 is 1.45 bits per heavy atom. The van der Waals surface area contributed by atoms with Crippen molar-refractivity contribution in [1.82, 2.24) is 25.2 Å². The first kappa shape index (κ1) is 21.1. The first-order valence-electron chi connectivity index (χ1n) is 10.2. The molecule has 9 nitrogen and oxygen atoms in total. The minimum atomic E-state index is -0.344. The van der Waals surface area contributed by atoms with E-state index < -0.39 is 0 Å². The van der Waals surface area contributed by atoms with Crippen LogP contribution < -0.4 is 21.3 Å². The number of aromatic nitrogens is 3. The second-order valence-electron chi connectivity index (χ2n) is 7.68. The van der Waals surface area contributed by atoms with Crippen LogP contribution in [0, 0.1) is 11.3 Å². The van der Waals surface area contributed by atoms with Crippen LogP contribution >= 0.6 is 0 Å². The number of β-amino-alcohol motifs (C(OH)–C–C–N with tert-alkyl or cyclic N) is 1. The highest BCUT2D eigenvalue weighted by atomic mass is 16.3. The molecule has 0 unspecified atom stereocenters. The van der Waals surface area contributed by atoms with Gasteiger partial charge in [-0.3, -0.25) is 0 Å². The van der Waals surface area contributed by atoms with Crippen LogP contribution in [-0.4, -0.2) is 65.2 Å². The van der Waals surface area contributed by atoms with Crippen LogP contribution in [-0.2, 0) is 0 Å². The molecule has 1 aliphatic rings. The molecule has 3 heterocycles. The number of aliphatic hydroxyl groups excluding tert-OH is 1. The Kier molecular flexibility index (Phi) is 7.05. The van der Waals surface area contributed by atoms with E-state index in [2.05, 4.69) is 40.2 Å². The summed E-state index contributed by atoms with van der Waals surface area (Å²) < 4.78 is 1.82. The number of allylic oxidation sites excluding steroid dienone is 1. The molecule has 0 aromatic carbocycles. The Morgan fingerprint density at radius 2 is 2.28 bits per heavy atom. The van der Waals surface area contributed by atoms with Crippen molar-refractivity contribution in [3.63, 3.8) is 0 Å². The van der Waals surface area contributed by atoms with Crippen LogP contribution in [0.2, 0.25) is 0 Å². The predicted molar refractivity (Wildman–Crippen MR) is 117 cm³/mol. The summed E-state index contributed by atoms with van der Waals surface area (Å²) in [6, 6.07) is 1.94. The van der Waals surface area contributed by atoms with Crippen molar-refractivity contribution in [3.05, 3.63) is 29.6 Å². The van der Waals surface area contributed by atoms with Crippen LogP contribution in [0.1, 0.15) is 31.7 Å². The Bertz CT molecular complexity index is 860. The van der Waals surface area contributed by atoms with E-state index in [9.17, 15) is 5.11 Å². The molecule has 2 aromatic heterocycles. The van der Waals surface area contributed by atoms with Crippen molar-refractivity contribution in [2.45, 2.75) is 32.3 Å². The van der Waals surface area contributed by atoms with Crippen molar-refractivity contribution in [2.75, 3.05) is 43.9 Å². The third-order valence-corrected chi connectivity index (χ3v) is 5.32. The van der Waals surface area contributed by atoms with Gasteiger partial charge in [-0.05, 0) is 25.0 Å². The fraction of sp³-hybridized carbons (Fsp3) is 0.550. The monoisotopic (exact) mass is 400 g/mol. The summed E-state index contributed by atoms with van der Waals surface area (Å²) in [6.07, 6.45) is 5.43. The van der Waals surface area contributed by atoms with Crippen LogP contribution in [0.25, 0.3) is 5.65 Å². The number of nitrogens with zero attached hydrogens (tertiary/aromatic N) is 3. The molecule has 158 valence electrons. The number of rotatable bonds is 9. The van der Waals surface area contributed by atoms with Gasteiger partial charge in [-0.2, -0.15) is 9.61 Å². The standard InChI is InChI=1S/C20H32N8O/c1-13(2)16-11-26-28-19(25-10-15(22-3)4-6-21)8-18(27-20(16)28)24-9-14-5-7-23-12-17(14)29/h4,6,8,11,13-14,17,21-23,25,29H,5,7,9-10,12H2,1-3H3,(H,24,27)/b15-4-,21-6?/t14-,17+/m1/s1. The first-order chi connectivity index (χ1) is 14.0. The highest BCUT2D eigenvalue weighted by molar-refractivity contribution is 5.69. The minimum Gasteiger partial charge on any atom is -0.391 e. The lowest BCUT2D eigenvalue weighted by atomic mass is 9.95. The van der Waals surface area contributed by atoms with Crippen molar-refractivity contribution in [3.8, 4) is 0 Å². The Labute approximate surface area is 171 Å². The summed E-state index contributed by atoms with van der Waals surface area (Å²) in [5.74, 6) is 2.09. The van der Waals surface area contributed by atoms with E-state index in [1.54, 1.807) is 6.08 Å². The summed E-state index contributed by atoms with van der Waals surface area (Å²) >= 11 is 0. The van der Waals surface area contributed by atoms with E-state index in [0.717, 1.165) is 41.5 Å². The van der Waals surface area contributed by atoms with Gasteiger partial charge in [0.05, 0.1) is 18.8 Å². The van der Waals surface area contributed by atoms with Gasteiger partial charge in [0, 0.05) is 49.6 Å². The quantitative estimate of drug-likeness (QED) is 0.352. The maximum atomic E-state index is 10.2. The molecule has 0 radical (unpaired) electrons. The number of fused-ring (bicyclic) bond motifs is 1. The summed E-state index contributed by atoms with van der Waals surface area (Å²) in [6.45, 7) is 7.03. The van der Waals surface area contributed by atoms with Crippen LogP contribution in [0.4, 0.5) is 11.6 Å². The molecule has 29 heavy (non-hydrogen) atoms. The zero-order chi connectivity index (χ0) is 20.8. The highest BCUT2D eigenvalue weighted by Crippen LogP contribution is 2.24. The van der Waals surface area contributed by atoms with E-state index >= 15 is 0 Å². The van der Waals surface area contributed by atoms with Crippen LogP contribution in [0.15, 0.2) is 24.0 Å². The van der Waals surface area contributed by atoms with Gasteiger partial charge in [-0.1, -0.05) is 13.8 Å². The van der Waals surface area contributed by atoms with Crippen molar-refractivity contribution < 1.29 is 5.11 Å². The number of piperidine rings is 1. The number of anilines is 2. The predicted octanol–water partition coefficient (Wildman–Crippen LogP) is 1.40. The molecule has 0 amide bonds.